The van der Waals surface area contributed by atoms with Gasteiger partial charge in [0.1, 0.15) is 0 Å². The Labute approximate surface area is 346 Å². The smallest absolute Gasteiger partial charge is 0.0894 e. The highest BCUT2D eigenvalue weighted by atomic mass is 14.8. The van der Waals surface area contributed by atoms with Crippen molar-refractivity contribution < 1.29 is 0 Å². The molecule has 0 N–H and O–H groups in total. The van der Waals surface area contributed by atoms with E-state index in [1.807, 2.05) is 164 Å². The maximum absolute atomic E-state index is 5.17. The lowest BCUT2D eigenvalue weighted by Crippen LogP contribution is -1.96. The molecular formula is C51H33N9. The van der Waals surface area contributed by atoms with Crippen LogP contribution in [0.1, 0.15) is 0 Å². The Hall–Kier alpha value is -8.43. The first-order valence-corrected chi connectivity index (χ1v) is 19.4. The molecule has 0 saturated carbocycles. The number of pyridine rings is 9. The number of hydrogen-bond acceptors (Lipinski definition) is 9. The van der Waals surface area contributed by atoms with Gasteiger partial charge in [0.05, 0.1) is 85.4 Å². The quantitative estimate of drug-likeness (QED) is 0.141. The minimum absolute atomic E-state index is 0.746. The highest BCUT2D eigenvalue weighted by Crippen LogP contribution is 2.34. The van der Waals surface area contributed by atoms with Crippen molar-refractivity contribution in [3.8, 4) is 102 Å². The average molecular weight is 772 g/mol. The van der Waals surface area contributed by atoms with Crippen LogP contribution in [0.5, 0.6) is 0 Å². The first-order chi connectivity index (χ1) is 29.7. The first-order valence-electron chi connectivity index (χ1n) is 19.4. The third-order valence-electron chi connectivity index (χ3n) is 9.88. The molecule has 0 aliphatic rings. The third kappa shape index (κ3) is 7.66. The summed E-state index contributed by atoms with van der Waals surface area (Å²) in [5.74, 6) is 0. The van der Waals surface area contributed by atoms with Crippen LogP contribution in [-0.2, 0) is 0 Å². The Morgan fingerprint density at radius 1 is 0.183 bits per heavy atom. The van der Waals surface area contributed by atoms with Crippen LogP contribution in [0.2, 0.25) is 0 Å². The molecule has 10 aromatic rings. The highest BCUT2D eigenvalue weighted by Gasteiger charge is 2.15. The standard InChI is InChI=1S/C51H33N9/c1-4-28-52-40(13-1)43-19-10-25-49(58-43)46-22-7-16-37(55-46)34-31-35(38-17-8-23-47(56-38)50-26-11-20-44(59-50)41-14-2-5-29-53-41)33-36(32-34)39-18-9-24-48(57-39)51-27-12-21-45(60-51)42-15-3-6-30-54-42/h1-33H. The van der Waals surface area contributed by atoms with E-state index in [-0.39, 0.29) is 0 Å². The van der Waals surface area contributed by atoms with Gasteiger partial charge < -0.3 is 0 Å². The van der Waals surface area contributed by atoms with E-state index in [1.54, 1.807) is 18.6 Å². The number of rotatable bonds is 9. The van der Waals surface area contributed by atoms with Crippen LogP contribution in [0, 0.1) is 0 Å². The Morgan fingerprint density at radius 2 is 0.383 bits per heavy atom. The van der Waals surface area contributed by atoms with Crippen molar-refractivity contribution in [3.05, 3.63) is 201 Å². The minimum atomic E-state index is 0.746. The van der Waals surface area contributed by atoms with Gasteiger partial charge in [-0.15, -0.1) is 0 Å². The molecule has 0 aliphatic heterocycles. The molecule has 0 spiro atoms. The fourth-order valence-corrected chi connectivity index (χ4v) is 6.99. The predicted octanol–water partition coefficient (Wildman–Crippen LogP) is 11.2. The third-order valence-corrected chi connectivity index (χ3v) is 9.88. The largest absolute Gasteiger partial charge is 0.255 e. The topological polar surface area (TPSA) is 116 Å². The molecular weight excluding hydrogens is 739 g/mol. The van der Waals surface area contributed by atoms with Crippen LogP contribution in [0.3, 0.4) is 0 Å². The van der Waals surface area contributed by atoms with Crippen molar-refractivity contribution in [2.45, 2.75) is 0 Å². The van der Waals surface area contributed by atoms with E-state index in [9.17, 15) is 0 Å². The summed E-state index contributed by atoms with van der Waals surface area (Å²) in [6.45, 7) is 0. The van der Waals surface area contributed by atoms with Gasteiger partial charge in [0.15, 0.2) is 0 Å². The fourth-order valence-electron chi connectivity index (χ4n) is 6.99. The fraction of sp³-hybridized carbons (Fsp3) is 0. The van der Waals surface area contributed by atoms with Gasteiger partial charge in [-0.2, -0.15) is 0 Å². The molecule has 0 fully saturated rings. The Kier molecular flexibility index (Phi) is 9.71. The van der Waals surface area contributed by atoms with E-state index in [0.717, 1.165) is 102 Å². The second-order valence-corrected chi connectivity index (χ2v) is 13.9. The van der Waals surface area contributed by atoms with Crippen LogP contribution in [0.25, 0.3) is 102 Å². The van der Waals surface area contributed by atoms with E-state index in [4.69, 9.17) is 29.9 Å². The van der Waals surface area contributed by atoms with Gasteiger partial charge in [-0.25, -0.2) is 29.9 Å². The minimum Gasteiger partial charge on any atom is -0.255 e. The monoisotopic (exact) mass is 771 g/mol. The lowest BCUT2D eigenvalue weighted by atomic mass is 9.98. The van der Waals surface area contributed by atoms with Crippen LogP contribution in [0.15, 0.2) is 201 Å². The summed E-state index contributed by atoms with van der Waals surface area (Å²) in [6.07, 6.45) is 5.32. The zero-order chi connectivity index (χ0) is 40.1. The van der Waals surface area contributed by atoms with Crippen molar-refractivity contribution in [2.75, 3.05) is 0 Å². The molecule has 0 unspecified atom stereocenters. The maximum Gasteiger partial charge on any atom is 0.0894 e. The lowest BCUT2D eigenvalue weighted by Gasteiger charge is -2.13. The molecule has 60 heavy (non-hydrogen) atoms. The number of benzene rings is 1. The second-order valence-electron chi connectivity index (χ2n) is 13.9. The van der Waals surface area contributed by atoms with Gasteiger partial charge in [-0.3, -0.25) is 15.0 Å². The Balaban J connectivity index is 1.07. The summed E-state index contributed by atoms with van der Waals surface area (Å²) in [7, 11) is 0. The van der Waals surface area contributed by atoms with Crippen molar-refractivity contribution in [1.82, 2.24) is 44.9 Å². The van der Waals surface area contributed by atoms with E-state index < -0.39 is 0 Å². The lowest BCUT2D eigenvalue weighted by molar-refractivity contribution is 1.21. The zero-order valence-corrected chi connectivity index (χ0v) is 32.1. The van der Waals surface area contributed by atoms with Gasteiger partial charge in [0.25, 0.3) is 0 Å². The van der Waals surface area contributed by atoms with Crippen LogP contribution >= 0.6 is 0 Å². The molecule has 9 aromatic heterocycles. The molecule has 1 aromatic carbocycles. The normalized spacial score (nSPS) is 11.0. The van der Waals surface area contributed by atoms with Crippen molar-refractivity contribution >= 4 is 0 Å². The summed E-state index contributed by atoms with van der Waals surface area (Å²) in [4.78, 5) is 43.8. The molecule has 9 nitrogen and oxygen atoms in total. The Morgan fingerprint density at radius 3 is 0.617 bits per heavy atom. The van der Waals surface area contributed by atoms with Crippen LogP contribution in [-0.4, -0.2) is 44.9 Å². The Bertz CT molecular complexity index is 2760. The molecule has 0 bridgehead atoms. The molecule has 0 atom stereocenters. The summed E-state index contributed by atoms with van der Waals surface area (Å²) in [5.41, 5.74) is 14.3. The van der Waals surface area contributed by atoms with Gasteiger partial charge >= 0.3 is 0 Å². The van der Waals surface area contributed by atoms with Gasteiger partial charge in [0.2, 0.25) is 0 Å². The molecule has 282 valence electrons. The van der Waals surface area contributed by atoms with Gasteiger partial charge in [-0.05, 0) is 127 Å². The summed E-state index contributed by atoms with van der Waals surface area (Å²) in [5, 5.41) is 0. The molecule has 0 aliphatic carbocycles. The number of hydrogen-bond donors (Lipinski definition) is 0. The highest BCUT2D eigenvalue weighted by molar-refractivity contribution is 5.80. The van der Waals surface area contributed by atoms with Crippen molar-refractivity contribution in [1.29, 1.82) is 0 Å². The van der Waals surface area contributed by atoms with Crippen molar-refractivity contribution in [3.63, 3.8) is 0 Å². The zero-order valence-electron chi connectivity index (χ0n) is 32.1. The van der Waals surface area contributed by atoms with E-state index in [1.165, 1.54) is 0 Å². The number of nitrogens with zero attached hydrogens (tertiary/aromatic N) is 9. The first kappa shape index (κ1) is 35.9. The van der Waals surface area contributed by atoms with Crippen LogP contribution < -0.4 is 0 Å². The van der Waals surface area contributed by atoms with Gasteiger partial charge in [0, 0.05) is 35.3 Å². The summed E-state index contributed by atoms with van der Waals surface area (Å²) < 4.78 is 0. The SMILES string of the molecule is c1ccc(-c2cccc(-c3cccc(-c4cc(-c5cccc(-c6cccc(-c7ccccn7)n6)n5)cc(-c5cccc(-c6cccc(-c7ccccn7)n6)n5)c4)n3)n2)nc1. The van der Waals surface area contributed by atoms with E-state index in [0.29, 0.717) is 0 Å². The maximum atomic E-state index is 5.17. The number of aromatic nitrogens is 9. The molecule has 10 rings (SSSR count). The van der Waals surface area contributed by atoms with E-state index in [2.05, 4.69) is 33.2 Å². The van der Waals surface area contributed by atoms with E-state index >= 15 is 0 Å². The van der Waals surface area contributed by atoms with Crippen molar-refractivity contribution in [2.24, 2.45) is 0 Å². The molecule has 0 amide bonds. The summed E-state index contributed by atoms with van der Waals surface area (Å²) >= 11 is 0. The average Bonchev–Trinajstić information content (AvgIpc) is 3.35. The molecule has 9 heteroatoms. The molecule has 0 saturated heterocycles. The molecule has 9 heterocycles. The van der Waals surface area contributed by atoms with Crippen LogP contribution in [0.4, 0.5) is 0 Å². The molecule has 0 radical (unpaired) electrons. The van der Waals surface area contributed by atoms with Gasteiger partial charge in [-0.1, -0.05) is 54.6 Å². The second kappa shape index (κ2) is 16.2. The predicted molar refractivity (Wildman–Crippen MR) is 236 cm³/mol. The summed E-state index contributed by atoms with van der Waals surface area (Å²) in [6, 6.07) is 59.6.